The second kappa shape index (κ2) is 7.91. The molecular formula is C22H20ClN5O2. The lowest BCUT2D eigenvalue weighted by molar-refractivity contribution is -0.132. The van der Waals surface area contributed by atoms with E-state index in [-0.39, 0.29) is 11.9 Å². The van der Waals surface area contributed by atoms with Crippen LogP contribution < -0.4 is 0 Å². The van der Waals surface area contributed by atoms with Crippen LogP contribution in [0, 0.1) is 0 Å². The molecule has 1 aliphatic heterocycles. The number of aryl methyl sites for hydroxylation is 1. The molecule has 7 nitrogen and oxygen atoms in total. The summed E-state index contributed by atoms with van der Waals surface area (Å²) in [5.41, 5.74) is 1.70. The van der Waals surface area contributed by atoms with Gasteiger partial charge in [-0.05, 0) is 49.2 Å². The minimum Gasteiger partial charge on any atom is -0.441 e. The third kappa shape index (κ3) is 3.57. The number of rotatable bonds is 5. The number of nitrogens with zero attached hydrogens (tertiary/aromatic N) is 5. The number of halogens is 1. The second-order valence-electron chi connectivity index (χ2n) is 7.36. The summed E-state index contributed by atoms with van der Waals surface area (Å²) in [6, 6.07) is 13.1. The lowest BCUT2D eigenvalue weighted by Gasteiger charge is -2.23. The molecule has 4 aromatic rings. The van der Waals surface area contributed by atoms with Crippen LogP contribution in [-0.4, -0.2) is 36.9 Å². The van der Waals surface area contributed by atoms with E-state index < -0.39 is 0 Å². The van der Waals surface area contributed by atoms with Gasteiger partial charge in [0.2, 0.25) is 5.91 Å². The number of benzene rings is 1. The van der Waals surface area contributed by atoms with Gasteiger partial charge >= 0.3 is 0 Å². The van der Waals surface area contributed by atoms with E-state index in [1.807, 2.05) is 58.0 Å². The van der Waals surface area contributed by atoms with Crippen molar-refractivity contribution in [3.63, 3.8) is 0 Å². The predicted octanol–water partition coefficient (Wildman–Crippen LogP) is 4.33. The van der Waals surface area contributed by atoms with Gasteiger partial charge in [0.15, 0.2) is 23.1 Å². The molecule has 1 amide bonds. The first-order chi connectivity index (χ1) is 14.7. The van der Waals surface area contributed by atoms with E-state index in [1.54, 1.807) is 6.20 Å². The topological polar surface area (TPSA) is 76.5 Å². The van der Waals surface area contributed by atoms with E-state index in [2.05, 4.69) is 15.2 Å². The van der Waals surface area contributed by atoms with Crippen molar-refractivity contribution in [3.05, 3.63) is 71.6 Å². The van der Waals surface area contributed by atoms with Crippen molar-refractivity contribution in [2.24, 2.45) is 0 Å². The molecule has 0 spiro atoms. The Kier molecular flexibility index (Phi) is 4.96. The summed E-state index contributed by atoms with van der Waals surface area (Å²) >= 11 is 5.93. The van der Waals surface area contributed by atoms with Crippen LogP contribution in [0.3, 0.4) is 0 Å². The quantitative estimate of drug-likeness (QED) is 0.479. The Balaban J connectivity index is 1.27. The fraction of sp³-hybridized carbons (Fsp3) is 0.273. The summed E-state index contributed by atoms with van der Waals surface area (Å²) in [6.07, 6.45) is 6.27. The first kappa shape index (κ1) is 18.8. The van der Waals surface area contributed by atoms with Crippen molar-refractivity contribution >= 4 is 23.2 Å². The predicted molar refractivity (Wildman–Crippen MR) is 112 cm³/mol. The summed E-state index contributed by atoms with van der Waals surface area (Å²) in [5, 5.41) is 9.25. The normalized spacial score (nSPS) is 16.4. The first-order valence-electron chi connectivity index (χ1n) is 9.99. The van der Waals surface area contributed by atoms with Crippen LogP contribution in [0.5, 0.6) is 0 Å². The zero-order valence-electron chi connectivity index (χ0n) is 16.2. The van der Waals surface area contributed by atoms with Crippen LogP contribution in [0.25, 0.3) is 17.0 Å². The van der Waals surface area contributed by atoms with Crippen LogP contribution in [0.1, 0.15) is 37.0 Å². The van der Waals surface area contributed by atoms with Crippen LogP contribution in [-0.2, 0) is 11.2 Å². The minimum atomic E-state index is -0.0518. The van der Waals surface area contributed by atoms with Crippen molar-refractivity contribution in [1.29, 1.82) is 0 Å². The molecule has 0 unspecified atom stereocenters. The highest BCUT2D eigenvalue weighted by Gasteiger charge is 2.33. The Morgan fingerprint density at radius 1 is 1.17 bits per heavy atom. The van der Waals surface area contributed by atoms with Gasteiger partial charge in [-0.25, -0.2) is 4.98 Å². The zero-order valence-corrected chi connectivity index (χ0v) is 17.0. The Morgan fingerprint density at radius 2 is 2.03 bits per heavy atom. The number of carbonyl (C=O) groups excluding carboxylic acids is 1. The summed E-state index contributed by atoms with van der Waals surface area (Å²) in [5.74, 6) is 2.12. The number of pyridine rings is 1. The molecule has 0 aliphatic carbocycles. The fourth-order valence-electron chi connectivity index (χ4n) is 3.95. The fourth-order valence-corrected chi connectivity index (χ4v) is 4.08. The lowest BCUT2D eigenvalue weighted by Crippen LogP contribution is -2.31. The number of fused-ring (bicyclic) bond motifs is 1. The monoisotopic (exact) mass is 421 g/mol. The Labute approximate surface area is 178 Å². The summed E-state index contributed by atoms with van der Waals surface area (Å²) in [6.45, 7) is 0.729. The molecule has 4 heterocycles. The lowest BCUT2D eigenvalue weighted by atomic mass is 10.2. The van der Waals surface area contributed by atoms with Crippen molar-refractivity contribution < 1.29 is 9.21 Å². The van der Waals surface area contributed by atoms with Gasteiger partial charge in [-0.3, -0.25) is 9.20 Å². The molecule has 152 valence electrons. The van der Waals surface area contributed by atoms with Crippen LogP contribution in [0.4, 0.5) is 0 Å². The Hall–Kier alpha value is -3.19. The smallest absolute Gasteiger partial charge is 0.223 e. The molecule has 0 N–H and O–H groups in total. The highest BCUT2D eigenvalue weighted by molar-refractivity contribution is 6.30. The van der Waals surface area contributed by atoms with Gasteiger partial charge in [0.05, 0.1) is 12.2 Å². The molecule has 0 bridgehead atoms. The van der Waals surface area contributed by atoms with Crippen LogP contribution in [0.2, 0.25) is 5.02 Å². The van der Waals surface area contributed by atoms with Crippen molar-refractivity contribution in [1.82, 2.24) is 24.5 Å². The van der Waals surface area contributed by atoms with E-state index in [9.17, 15) is 4.79 Å². The SMILES string of the molecule is O=C(CCc1ncc(-c2ccc(Cl)cc2)o1)N1CCC[C@H]1c1nnc2ccccn12. The molecule has 1 aliphatic rings. The summed E-state index contributed by atoms with van der Waals surface area (Å²) < 4.78 is 7.79. The minimum absolute atomic E-state index is 0.0518. The van der Waals surface area contributed by atoms with E-state index in [4.69, 9.17) is 16.0 Å². The Bertz CT molecular complexity index is 1180. The number of likely N-dealkylation sites (tertiary alicyclic amines) is 1. The number of aromatic nitrogens is 4. The van der Waals surface area contributed by atoms with E-state index >= 15 is 0 Å². The third-order valence-corrected chi connectivity index (χ3v) is 5.70. The maximum atomic E-state index is 13.0. The van der Waals surface area contributed by atoms with E-state index in [1.165, 1.54) is 0 Å². The summed E-state index contributed by atoms with van der Waals surface area (Å²) in [4.78, 5) is 19.2. The number of hydrogen-bond donors (Lipinski definition) is 0. The van der Waals surface area contributed by atoms with E-state index in [0.29, 0.717) is 29.5 Å². The molecule has 30 heavy (non-hydrogen) atoms. The van der Waals surface area contributed by atoms with Crippen molar-refractivity contribution in [3.8, 4) is 11.3 Å². The molecule has 1 saturated heterocycles. The highest BCUT2D eigenvalue weighted by atomic mass is 35.5. The first-order valence-corrected chi connectivity index (χ1v) is 10.4. The molecular weight excluding hydrogens is 402 g/mol. The zero-order chi connectivity index (χ0) is 20.5. The van der Waals surface area contributed by atoms with Gasteiger partial charge in [0, 0.05) is 36.2 Å². The Morgan fingerprint density at radius 3 is 2.90 bits per heavy atom. The molecule has 1 atom stereocenters. The third-order valence-electron chi connectivity index (χ3n) is 5.45. The van der Waals surface area contributed by atoms with Gasteiger partial charge in [-0.15, -0.1) is 10.2 Å². The van der Waals surface area contributed by atoms with E-state index in [0.717, 1.165) is 36.4 Å². The molecule has 1 aromatic carbocycles. The highest BCUT2D eigenvalue weighted by Crippen LogP contribution is 2.32. The van der Waals surface area contributed by atoms with Gasteiger partial charge in [0.1, 0.15) is 0 Å². The molecule has 8 heteroatoms. The van der Waals surface area contributed by atoms with Crippen LogP contribution in [0.15, 0.2) is 59.3 Å². The van der Waals surface area contributed by atoms with Crippen LogP contribution >= 0.6 is 11.6 Å². The molecule has 0 saturated carbocycles. The molecule has 5 rings (SSSR count). The molecule has 1 fully saturated rings. The summed E-state index contributed by atoms with van der Waals surface area (Å²) in [7, 11) is 0. The average Bonchev–Trinajstić information content (AvgIpc) is 3.51. The number of amides is 1. The number of oxazole rings is 1. The number of carbonyl (C=O) groups is 1. The molecule has 0 radical (unpaired) electrons. The maximum Gasteiger partial charge on any atom is 0.223 e. The molecule has 3 aromatic heterocycles. The van der Waals surface area contributed by atoms with Gasteiger partial charge in [-0.2, -0.15) is 0 Å². The van der Waals surface area contributed by atoms with Crippen molar-refractivity contribution in [2.75, 3.05) is 6.54 Å². The van der Waals surface area contributed by atoms with Gasteiger partial charge < -0.3 is 9.32 Å². The standard InChI is InChI=1S/C22H20ClN5O2/c23-16-8-6-15(7-9-16)18-14-24-20(30-18)10-11-21(29)27-13-3-4-17(27)22-26-25-19-5-1-2-12-28(19)22/h1-2,5-9,12,14,17H,3-4,10-11,13H2/t17-/m0/s1. The van der Waals surface area contributed by atoms with Gasteiger partial charge in [-0.1, -0.05) is 17.7 Å². The van der Waals surface area contributed by atoms with Crippen molar-refractivity contribution in [2.45, 2.75) is 31.7 Å². The average molecular weight is 422 g/mol. The second-order valence-corrected chi connectivity index (χ2v) is 7.79. The number of hydrogen-bond acceptors (Lipinski definition) is 5. The maximum absolute atomic E-state index is 13.0. The largest absolute Gasteiger partial charge is 0.441 e. The van der Waals surface area contributed by atoms with Gasteiger partial charge in [0.25, 0.3) is 0 Å².